The molecule has 138 valence electrons. The molecule has 1 atom stereocenters. The van der Waals surface area contributed by atoms with E-state index in [-0.39, 0.29) is 22.7 Å². The Kier molecular flexibility index (Phi) is 4.27. The third-order valence-corrected chi connectivity index (χ3v) is 5.99. The van der Waals surface area contributed by atoms with E-state index in [1.54, 1.807) is 24.3 Å². The SMILES string of the molecule is C[C@]1(c2ccc(Cl)cc2)CC=C(c2c(O)c(O)c3ccccc3c2O)CC1. The molecule has 0 heterocycles. The van der Waals surface area contributed by atoms with Gasteiger partial charge >= 0.3 is 0 Å². The zero-order chi connectivity index (χ0) is 19.2. The molecule has 0 unspecified atom stereocenters. The minimum Gasteiger partial charge on any atom is -0.507 e. The first-order valence-corrected chi connectivity index (χ1v) is 9.39. The maximum atomic E-state index is 10.8. The van der Waals surface area contributed by atoms with E-state index >= 15 is 0 Å². The van der Waals surface area contributed by atoms with Crippen molar-refractivity contribution < 1.29 is 15.3 Å². The first-order chi connectivity index (χ1) is 12.9. The third-order valence-electron chi connectivity index (χ3n) is 5.74. The summed E-state index contributed by atoms with van der Waals surface area (Å²) >= 11 is 6.01. The Morgan fingerprint density at radius 1 is 0.852 bits per heavy atom. The van der Waals surface area contributed by atoms with Crippen molar-refractivity contribution in [2.24, 2.45) is 0 Å². The first kappa shape index (κ1) is 17.7. The van der Waals surface area contributed by atoms with Crippen LogP contribution >= 0.6 is 11.6 Å². The van der Waals surface area contributed by atoms with E-state index < -0.39 is 0 Å². The van der Waals surface area contributed by atoms with Gasteiger partial charge in [0.05, 0.1) is 5.56 Å². The van der Waals surface area contributed by atoms with Crippen LogP contribution in [-0.2, 0) is 5.41 Å². The summed E-state index contributed by atoms with van der Waals surface area (Å²) in [5.74, 6) is -0.430. The summed E-state index contributed by atoms with van der Waals surface area (Å²) in [7, 11) is 0. The van der Waals surface area contributed by atoms with E-state index in [4.69, 9.17) is 11.6 Å². The van der Waals surface area contributed by atoms with Crippen molar-refractivity contribution in [1.29, 1.82) is 0 Å². The summed E-state index contributed by atoms with van der Waals surface area (Å²) in [5, 5.41) is 33.4. The maximum Gasteiger partial charge on any atom is 0.169 e. The highest BCUT2D eigenvalue weighted by atomic mass is 35.5. The molecule has 3 N–H and O–H groups in total. The van der Waals surface area contributed by atoms with Gasteiger partial charge in [-0.1, -0.05) is 61.0 Å². The Hall–Kier alpha value is -2.65. The van der Waals surface area contributed by atoms with Crippen LogP contribution in [0.15, 0.2) is 54.6 Å². The summed E-state index contributed by atoms with van der Waals surface area (Å²) in [6, 6.07) is 14.9. The molecule has 0 bridgehead atoms. The van der Waals surface area contributed by atoms with Crippen molar-refractivity contribution in [3.05, 3.63) is 70.8 Å². The summed E-state index contributed by atoms with van der Waals surface area (Å²) in [4.78, 5) is 0. The highest BCUT2D eigenvalue weighted by Crippen LogP contribution is 2.50. The van der Waals surface area contributed by atoms with Gasteiger partial charge in [0.25, 0.3) is 0 Å². The summed E-state index contributed by atoms with van der Waals surface area (Å²) < 4.78 is 0. The number of aromatic hydroxyl groups is 3. The zero-order valence-electron chi connectivity index (χ0n) is 15.0. The molecule has 0 fully saturated rings. The number of phenols is 3. The van der Waals surface area contributed by atoms with Gasteiger partial charge in [0.2, 0.25) is 0 Å². The normalized spacial score (nSPS) is 19.9. The van der Waals surface area contributed by atoms with Crippen LogP contribution in [-0.4, -0.2) is 15.3 Å². The molecule has 0 amide bonds. The minimum absolute atomic E-state index is 0.0160. The Bertz CT molecular complexity index is 1050. The Morgan fingerprint density at radius 3 is 2.07 bits per heavy atom. The van der Waals surface area contributed by atoms with Crippen molar-refractivity contribution >= 4 is 27.9 Å². The van der Waals surface area contributed by atoms with E-state index in [0.29, 0.717) is 22.8 Å². The van der Waals surface area contributed by atoms with E-state index in [9.17, 15) is 15.3 Å². The second kappa shape index (κ2) is 6.50. The zero-order valence-corrected chi connectivity index (χ0v) is 15.8. The predicted octanol–water partition coefficient (Wildman–Crippen LogP) is 6.14. The van der Waals surface area contributed by atoms with Crippen LogP contribution in [0.25, 0.3) is 16.3 Å². The monoisotopic (exact) mass is 380 g/mol. The molecule has 0 aromatic heterocycles. The number of fused-ring (bicyclic) bond motifs is 1. The highest BCUT2D eigenvalue weighted by molar-refractivity contribution is 6.30. The lowest BCUT2D eigenvalue weighted by Gasteiger charge is -2.34. The quantitative estimate of drug-likeness (QED) is 0.370. The van der Waals surface area contributed by atoms with Crippen LogP contribution in [0.4, 0.5) is 0 Å². The van der Waals surface area contributed by atoms with Gasteiger partial charge in [0, 0.05) is 15.8 Å². The summed E-state index contributed by atoms with van der Waals surface area (Å²) in [6.07, 6.45) is 4.39. The fraction of sp³-hybridized carbons (Fsp3) is 0.217. The molecule has 4 heteroatoms. The first-order valence-electron chi connectivity index (χ1n) is 9.02. The molecule has 0 saturated heterocycles. The van der Waals surface area contributed by atoms with E-state index in [1.807, 2.05) is 12.1 Å². The molecule has 0 spiro atoms. The van der Waals surface area contributed by atoms with E-state index in [2.05, 4.69) is 25.1 Å². The van der Waals surface area contributed by atoms with Crippen LogP contribution in [0.3, 0.4) is 0 Å². The Balaban J connectivity index is 1.76. The fourth-order valence-corrected chi connectivity index (χ4v) is 4.12. The molecule has 3 aromatic rings. The molecule has 0 saturated carbocycles. The lowest BCUT2D eigenvalue weighted by atomic mass is 9.71. The van der Waals surface area contributed by atoms with Crippen molar-refractivity contribution in [2.45, 2.75) is 31.6 Å². The average molecular weight is 381 g/mol. The molecule has 1 aliphatic rings. The predicted molar refractivity (Wildman–Crippen MR) is 110 cm³/mol. The van der Waals surface area contributed by atoms with Crippen LogP contribution < -0.4 is 0 Å². The lowest BCUT2D eigenvalue weighted by molar-refractivity contribution is 0.397. The number of phenolic OH excluding ortho intramolecular Hbond substituents is 3. The summed E-state index contributed by atoms with van der Waals surface area (Å²) in [5.41, 5.74) is 2.39. The van der Waals surface area contributed by atoms with Gasteiger partial charge in [-0.05, 0) is 47.9 Å². The molecule has 0 aliphatic heterocycles. The number of benzene rings is 3. The number of rotatable bonds is 2. The molecule has 4 rings (SSSR count). The number of hydrogen-bond acceptors (Lipinski definition) is 3. The topological polar surface area (TPSA) is 60.7 Å². The number of halogens is 1. The van der Waals surface area contributed by atoms with Crippen molar-refractivity contribution in [3.63, 3.8) is 0 Å². The molecule has 0 radical (unpaired) electrons. The standard InChI is InChI=1S/C23H21ClO3/c1-23(15-6-8-16(24)9-7-15)12-10-14(11-13-23)19-20(25)17-4-2-3-5-18(17)21(26)22(19)27/h2-10,25-27H,11-13H2,1H3/t23-/m0/s1. The van der Waals surface area contributed by atoms with Gasteiger partial charge in [-0.2, -0.15) is 0 Å². The fourth-order valence-electron chi connectivity index (χ4n) is 4.00. The van der Waals surface area contributed by atoms with Gasteiger partial charge in [-0.3, -0.25) is 0 Å². The van der Waals surface area contributed by atoms with Gasteiger partial charge < -0.3 is 15.3 Å². The Labute approximate surface area is 163 Å². The van der Waals surface area contributed by atoms with Gasteiger partial charge in [0.1, 0.15) is 5.75 Å². The smallest absolute Gasteiger partial charge is 0.169 e. The number of hydrogen-bond donors (Lipinski definition) is 3. The van der Waals surface area contributed by atoms with Gasteiger partial charge in [-0.15, -0.1) is 0 Å². The number of allylic oxidation sites excluding steroid dienone is 2. The van der Waals surface area contributed by atoms with Gasteiger partial charge in [-0.25, -0.2) is 0 Å². The van der Waals surface area contributed by atoms with Crippen LogP contribution in [0.5, 0.6) is 17.2 Å². The minimum atomic E-state index is -0.257. The van der Waals surface area contributed by atoms with Crippen molar-refractivity contribution in [3.8, 4) is 17.2 Å². The van der Waals surface area contributed by atoms with E-state index in [0.717, 1.165) is 23.4 Å². The van der Waals surface area contributed by atoms with Crippen molar-refractivity contribution in [2.75, 3.05) is 0 Å². The van der Waals surface area contributed by atoms with Crippen LogP contribution in [0.2, 0.25) is 5.02 Å². The highest BCUT2D eigenvalue weighted by Gasteiger charge is 2.31. The molecule has 3 aromatic carbocycles. The average Bonchev–Trinajstić information content (AvgIpc) is 2.68. The molecular weight excluding hydrogens is 360 g/mol. The van der Waals surface area contributed by atoms with Crippen LogP contribution in [0.1, 0.15) is 37.3 Å². The van der Waals surface area contributed by atoms with Gasteiger partial charge in [0.15, 0.2) is 11.5 Å². The second-order valence-electron chi connectivity index (χ2n) is 7.47. The molecular formula is C23H21ClO3. The molecule has 1 aliphatic carbocycles. The Morgan fingerprint density at radius 2 is 1.48 bits per heavy atom. The maximum absolute atomic E-state index is 10.8. The second-order valence-corrected chi connectivity index (χ2v) is 7.90. The summed E-state index contributed by atoms with van der Waals surface area (Å²) in [6.45, 7) is 2.21. The molecule has 3 nitrogen and oxygen atoms in total. The molecule has 27 heavy (non-hydrogen) atoms. The third kappa shape index (κ3) is 2.92. The van der Waals surface area contributed by atoms with E-state index in [1.165, 1.54) is 5.56 Å². The lowest BCUT2D eigenvalue weighted by Crippen LogP contribution is -2.24. The van der Waals surface area contributed by atoms with Crippen molar-refractivity contribution in [1.82, 2.24) is 0 Å². The largest absolute Gasteiger partial charge is 0.507 e. The van der Waals surface area contributed by atoms with Crippen LogP contribution in [0, 0.1) is 0 Å².